The Labute approximate surface area is 200 Å². The lowest BCUT2D eigenvalue weighted by atomic mass is 9.98. The molecule has 34 heavy (non-hydrogen) atoms. The molecule has 2 aromatic carbocycles. The second-order valence-electron chi connectivity index (χ2n) is 8.84. The molecule has 1 atom stereocenters. The highest BCUT2D eigenvalue weighted by atomic mass is 32.2. The Morgan fingerprint density at radius 3 is 2.38 bits per heavy atom. The average Bonchev–Trinajstić information content (AvgIpc) is 3.40. The summed E-state index contributed by atoms with van der Waals surface area (Å²) in [6, 6.07) is 11.6. The number of nitrogens with one attached hydrogen (secondary N) is 1. The summed E-state index contributed by atoms with van der Waals surface area (Å²) < 4.78 is 32.7. The molecule has 1 N–H and O–H groups in total. The van der Waals surface area contributed by atoms with Crippen molar-refractivity contribution < 1.29 is 22.7 Å². The molecule has 2 aliphatic rings. The monoisotopic (exact) mass is 485 g/mol. The van der Waals surface area contributed by atoms with Crippen LogP contribution in [0.25, 0.3) is 0 Å². The SMILES string of the molecule is COc1ccc(S(=O)(=O)N2CCCC(C(=O)Nc3cccc(C(=O)N4CCCC4)c3C)C2)cc1. The van der Waals surface area contributed by atoms with Crippen molar-refractivity contribution in [2.24, 2.45) is 5.92 Å². The van der Waals surface area contributed by atoms with Gasteiger partial charge in [-0.05, 0) is 74.6 Å². The largest absolute Gasteiger partial charge is 0.497 e. The Hall–Kier alpha value is -2.91. The molecule has 2 heterocycles. The number of amides is 2. The zero-order valence-corrected chi connectivity index (χ0v) is 20.4. The van der Waals surface area contributed by atoms with E-state index in [1.165, 1.54) is 23.5 Å². The molecular formula is C25H31N3O5S. The van der Waals surface area contributed by atoms with Gasteiger partial charge in [0.2, 0.25) is 15.9 Å². The topological polar surface area (TPSA) is 96.0 Å². The number of piperidine rings is 1. The summed E-state index contributed by atoms with van der Waals surface area (Å²) in [6.45, 7) is 3.84. The number of nitrogens with zero attached hydrogens (tertiary/aromatic N) is 2. The minimum Gasteiger partial charge on any atom is -0.497 e. The summed E-state index contributed by atoms with van der Waals surface area (Å²) in [6.07, 6.45) is 3.23. The molecule has 2 aromatic rings. The van der Waals surface area contributed by atoms with Gasteiger partial charge in [0.15, 0.2) is 0 Å². The lowest BCUT2D eigenvalue weighted by Crippen LogP contribution is -2.43. The summed E-state index contributed by atoms with van der Waals surface area (Å²) in [5, 5.41) is 2.94. The van der Waals surface area contributed by atoms with Crippen LogP contribution >= 0.6 is 0 Å². The fourth-order valence-corrected chi connectivity index (χ4v) is 6.12. The number of carbonyl (C=O) groups excluding carboxylic acids is 2. The number of benzene rings is 2. The molecule has 1 unspecified atom stereocenters. The van der Waals surface area contributed by atoms with Crippen molar-refractivity contribution in [1.29, 1.82) is 0 Å². The summed E-state index contributed by atoms with van der Waals surface area (Å²) in [7, 11) is -2.19. The Morgan fingerprint density at radius 2 is 1.71 bits per heavy atom. The summed E-state index contributed by atoms with van der Waals surface area (Å²) in [5.41, 5.74) is 1.91. The van der Waals surface area contributed by atoms with Crippen LogP contribution < -0.4 is 10.1 Å². The number of ether oxygens (including phenoxy) is 1. The number of likely N-dealkylation sites (tertiary alicyclic amines) is 1. The third kappa shape index (κ3) is 4.95. The van der Waals surface area contributed by atoms with Gasteiger partial charge in [0.25, 0.3) is 5.91 Å². The molecule has 0 saturated carbocycles. The van der Waals surface area contributed by atoms with Crippen LogP contribution in [0.1, 0.15) is 41.6 Å². The van der Waals surface area contributed by atoms with Crippen LogP contribution in [0.3, 0.4) is 0 Å². The van der Waals surface area contributed by atoms with E-state index in [1.807, 2.05) is 11.8 Å². The van der Waals surface area contributed by atoms with Crippen LogP contribution in [0.2, 0.25) is 0 Å². The molecule has 0 aliphatic carbocycles. The van der Waals surface area contributed by atoms with Gasteiger partial charge in [-0.1, -0.05) is 6.07 Å². The first-order chi connectivity index (χ1) is 16.3. The van der Waals surface area contributed by atoms with Gasteiger partial charge in [-0.25, -0.2) is 8.42 Å². The molecule has 2 fully saturated rings. The fraction of sp³-hybridized carbons (Fsp3) is 0.440. The highest BCUT2D eigenvalue weighted by Crippen LogP contribution is 2.27. The summed E-state index contributed by atoms with van der Waals surface area (Å²) in [4.78, 5) is 28.0. The van der Waals surface area contributed by atoms with E-state index in [0.29, 0.717) is 36.4 Å². The predicted molar refractivity (Wildman–Crippen MR) is 129 cm³/mol. The van der Waals surface area contributed by atoms with Crippen LogP contribution in [-0.4, -0.2) is 62.7 Å². The number of rotatable bonds is 6. The Morgan fingerprint density at radius 1 is 1.00 bits per heavy atom. The molecule has 2 aliphatic heterocycles. The lowest BCUT2D eigenvalue weighted by Gasteiger charge is -2.31. The number of carbonyl (C=O) groups is 2. The van der Waals surface area contributed by atoms with Crippen LogP contribution in [0.5, 0.6) is 5.75 Å². The third-order valence-electron chi connectivity index (χ3n) is 6.67. The average molecular weight is 486 g/mol. The van der Waals surface area contributed by atoms with Gasteiger partial charge < -0.3 is 15.0 Å². The second-order valence-corrected chi connectivity index (χ2v) is 10.8. The van der Waals surface area contributed by atoms with E-state index < -0.39 is 15.9 Å². The highest BCUT2D eigenvalue weighted by molar-refractivity contribution is 7.89. The standard InChI is InChI=1S/C25H31N3O5S/c1-18-22(25(30)27-14-3-4-15-27)8-5-9-23(18)26-24(29)19-7-6-16-28(17-19)34(31,32)21-12-10-20(33-2)11-13-21/h5,8-13,19H,3-4,6-7,14-17H2,1-2H3,(H,26,29). The molecule has 2 saturated heterocycles. The zero-order chi connectivity index (χ0) is 24.3. The molecule has 0 bridgehead atoms. The zero-order valence-electron chi connectivity index (χ0n) is 19.6. The van der Waals surface area contributed by atoms with Crippen LogP contribution in [0.4, 0.5) is 5.69 Å². The first-order valence-corrected chi connectivity index (χ1v) is 13.1. The minimum absolute atomic E-state index is 0.0134. The predicted octanol–water partition coefficient (Wildman–Crippen LogP) is 3.28. The maximum atomic E-state index is 13.1. The van der Waals surface area contributed by atoms with E-state index in [1.54, 1.807) is 30.3 Å². The van der Waals surface area contributed by atoms with E-state index in [-0.39, 0.29) is 23.3 Å². The Kier molecular flexibility index (Phi) is 7.23. The molecule has 9 heteroatoms. The van der Waals surface area contributed by atoms with Crippen LogP contribution in [0.15, 0.2) is 47.4 Å². The Bertz CT molecular complexity index is 1160. The molecule has 182 valence electrons. The fourth-order valence-electron chi connectivity index (χ4n) is 4.60. The molecule has 0 aromatic heterocycles. The van der Waals surface area contributed by atoms with E-state index in [9.17, 15) is 18.0 Å². The van der Waals surface area contributed by atoms with Crippen molar-refractivity contribution in [1.82, 2.24) is 9.21 Å². The molecule has 8 nitrogen and oxygen atoms in total. The molecule has 2 amide bonds. The number of anilines is 1. The first-order valence-electron chi connectivity index (χ1n) is 11.6. The van der Waals surface area contributed by atoms with E-state index >= 15 is 0 Å². The molecule has 0 radical (unpaired) electrons. The van der Waals surface area contributed by atoms with Gasteiger partial charge in [0.05, 0.1) is 17.9 Å². The number of hydrogen-bond donors (Lipinski definition) is 1. The van der Waals surface area contributed by atoms with Crippen molar-refractivity contribution in [3.63, 3.8) is 0 Å². The number of hydrogen-bond acceptors (Lipinski definition) is 5. The highest BCUT2D eigenvalue weighted by Gasteiger charge is 2.33. The minimum atomic E-state index is -3.71. The molecule has 0 spiro atoms. The summed E-state index contributed by atoms with van der Waals surface area (Å²) in [5.74, 6) is -0.140. The van der Waals surface area contributed by atoms with E-state index in [2.05, 4.69) is 5.32 Å². The summed E-state index contributed by atoms with van der Waals surface area (Å²) >= 11 is 0. The van der Waals surface area contributed by atoms with Crippen molar-refractivity contribution >= 4 is 27.5 Å². The first kappa shape index (κ1) is 24.2. The second kappa shape index (κ2) is 10.1. The number of methoxy groups -OCH3 is 1. The quantitative estimate of drug-likeness (QED) is 0.678. The van der Waals surface area contributed by atoms with Gasteiger partial charge in [0.1, 0.15) is 5.75 Å². The maximum absolute atomic E-state index is 13.1. The van der Waals surface area contributed by atoms with Gasteiger partial charge >= 0.3 is 0 Å². The van der Waals surface area contributed by atoms with Crippen LogP contribution in [0, 0.1) is 12.8 Å². The Balaban J connectivity index is 1.46. The molecular weight excluding hydrogens is 454 g/mol. The number of sulfonamides is 1. The van der Waals surface area contributed by atoms with E-state index in [4.69, 9.17) is 4.74 Å². The van der Waals surface area contributed by atoms with Crippen molar-refractivity contribution in [3.05, 3.63) is 53.6 Å². The van der Waals surface area contributed by atoms with Gasteiger partial charge in [-0.15, -0.1) is 0 Å². The van der Waals surface area contributed by atoms with E-state index in [0.717, 1.165) is 31.5 Å². The van der Waals surface area contributed by atoms with Gasteiger partial charge in [-0.3, -0.25) is 9.59 Å². The van der Waals surface area contributed by atoms with Gasteiger partial charge in [-0.2, -0.15) is 4.31 Å². The lowest BCUT2D eigenvalue weighted by molar-refractivity contribution is -0.120. The normalized spacial score (nSPS) is 19.1. The maximum Gasteiger partial charge on any atom is 0.254 e. The third-order valence-corrected chi connectivity index (χ3v) is 8.55. The smallest absolute Gasteiger partial charge is 0.254 e. The van der Waals surface area contributed by atoms with Gasteiger partial charge in [0, 0.05) is 37.4 Å². The van der Waals surface area contributed by atoms with Crippen LogP contribution in [-0.2, 0) is 14.8 Å². The van der Waals surface area contributed by atoms with Crippen molar-refractivity contribution in [2.75, 3.05) is 38.6 Å². The molecule has 4 rings (SSSR count). The van der Waals surface area contributed by atoms with Crippen molar-refractivity contribution in [2.45, 2.75) is 37.5 Å². The van der Waals surface area contributed by atoms with Crippen molar-refractivity contribution in [3.8, 4) is 5.75 Å².